The number of carbonyl (C=O) groups excluding carboxylic acids is 1. The van der Waals surface area contributed by atoms with Crippen LogP contribution in [-0.2, 0) is 20.1 Å². The van der Waals surface area contributed by atoms with Gasteiger partial charge in [-0.1, -0.05) is 24.3 Å². The van der Waals surface area contributed by atoms with E-state index < -0.39 is 0 Å². The molecule has 0 radical (unpaired) electrons. The Morgan fingerprint density at radius 2 is 1.93 bits per heavy atom. The molecule has 28 heavy (non-hydrogen) atoms. The molecular weight excluding hydrogens is 348 g/mol. The summed E-state index contributed by atoms with van der Waals surface area (Å²) in [5.41, 5.74) is 7.20. The van der Waals surface area contributed by atoms with Crippen molar-refractivity contribution in [2.45, 2.75) is 20.0 Å². The van der Waals surface area contributed by atoms with Crippen molar-refractivity contribution >= 4 is 16.8 Å². The van der Waals surface area contributed by atoms with Crippen LogP contribution in [0.15, 0.2) is 60.9 Å². The van der Waals surface area contributed by atoms with Crippen molar-refractivity contribution in [2.24, 2.45) is 7.05 Å². The molecule has 138 valence electrons. The fourth-order valence-electron chi connectivity index (χ4n) is 3.94. The van der Waals surface area contributed by atoms with Gasteiger partial charge in [-0.25, -0.2) is 0 Å². The van der Waals surface area contributed by atoms with Gasteiger partial charge in [-0.2, -0.15) is 5.10 Å². The predicted octanol–water partition coefficient (Wildman–Crippen LogP) is 4.10. The second-order valence-electron chi connectivity index (χ2n) is 7.34. The molecule has 0 spiro atoms. The molecule has 5 heteroatoms. The fraction of sp³-hybridized carbons (Fsp3) is 0.174. The molecule has 1 aliphatic rings. The molecular formula is C23H20N4O. The van der Waals surface area contributed by atoms with Crippen molar-refractivity contribution in [3.05, 3.63) is 83.3 Å². The molecule has 0 saturated heterocycles. The van der Waals surface area contributed by atoms with Crippen LogP contribution in [0.1, 0.15) is 27.2 Å². The third kappa shape index (κ3) is 2.67. The van der Waals surface area contributed by atoms with Crippen LogP contribution in [0.4, 0.5) is 0 Å². The van der Waals surface area contributed by atoms with Crippen LogP contribution in [0.2, 0.25) is 0 Å². The third-order valence-electron chi connectivity index (χ3n) is 5.43. The molecule has 0 aliphatic carbocycles. The van der Waals surface area contributed by atoms with E-state index in [9.17, 15) is 4.79 Å². The average molecular weight is 368 g/mol. The van der Waals surface area contributed by atoms with Crippen LogP contribution >= 0.6 is 0 Å². The lowest BCUT2D eigenvalue weighted by Crippen LogP contribution is -2.23. The van der Waals surface area contributed by atoms with E-state index in [1.807, 2.05) is 40.9 Å². The monoisotopic (exact) mass is 368 g/mol. The number of fused-ring (bicyclic) bond motifs is 2. The molecule has 1 aliphatic heterocycles. The summed E-state index contributed by atoms with van der Waals surface area (Å²) >= 11 is 0. The highest BCUT2D eigenvalue weighted by Crippen LogP contribution is 2.31. The fourth-order valence-corrected chi connectivity index (χ4v) is 3.94. The number of pyridine rings is 1. The van der Waals surface area contributed by atoms with Gasteiger partial charge in [0.05, 0.1) is 23.3 Å². The van der Waals surface area contributed by atoms with E-state index in [0.717, 1.165) is 38.9 Å². The smallest absolute Gasteiger partial charge is 0.256 e. The van der Waals surface area contributed by atoms with E-state index >= 15 is 0 Å². The van der Waals surface area contributed by atoms with Crippen LogP contribution in [0.5, 0.6) is 0 Å². The topological polar surface area (TPSA) is 51.0 Å². The van der Waals surface area contributed by atoms with Gasteiger partial charge in [-0.3, -0.25) is 14.5 Å². The Morgan fingerprint density at radius 1 is 1.07 bits per heavy atom. The first-order valence-electron chi connectivity index (χ1n) is 9.35. The van der Waals surface area contributed by atoms with E-state index in [0.29, 0.717) is 13.1 Å². The minimum atomic E-state index is 0.0577. The largest absolute Gasteiger partial charge is 0.328 e. The highest BCUT2D eigenvalue weighted by Gasteiger charge is 2.28. The van der Waals surface area contributed by atoms with Crippen LogP contribution in [0.3, 0.4) is 0 Å². The number of carbonyl (C=O) groups is 1. The van der Waals surface area contributed by atoms with Crippen LogP contribution in [0.25, 0.3) is 22.0 Å². The Morgan fingerprint density at radius 3 is 2.79 bits per heavy atom. The number of aromatic nitrogens is 3. The first kappa shape index (κ1) is 16.7. The molecule has 1 amide bonds. The molecule has 0 N–H and O–H groups in total. The van der Waals surface area contributed by atoms with E-state index in [-0.39, 0.29) is 5.91 Å². The lowest BCUT2D eigenvalue weighted by Gasteiger charge is -2.18. The lowest BCUT2D eigenvalue weighted by molar-refractivity contribution is 0.0766. The van der Waals surface area contributed by atoms with Gasteiger partial charge in [0.15, 0.2) is 0 Å². The normalized spacial score (nSPS) is 13.4. The van der Waals surface area contributed by atoms with Gasteiger partial charge in [-0.15, -0.1) is 0 Å². The average Bonchev–Trinajstić information content (AvgIpc) is 3.23. The second-order valence-corrected chi connectivity index (χ2v) is 7.34. The SMILES string of the molecule is Cc1ccc(-c2cccc3nn(C)cc23)cc1CN1Cc2ncccc2C1=O. The molecule has 0 bridgehead atoms. The van der Waals surface area contributed by atoms with Crippen LogP contribution < -0.4 is 0 Å². The molecule has 0 fully saturated rings. The van der Waals surface area contributed by atoms with Crippen molar-refractivity contribution in [1.29, 1.82) is 0 Å². The maximum atomic E-state index is 12.7. The first-order chi connectivity index (χ1) is 13.6. The highest BCUT2D eigenvalue weighted by molar-refractivity contribution is 5.98. The maximum absolute atomic E-state index is 12.7. The van der Waals surface area contributed by atoms with Crippen molar-refractivity contribution in [3.63, 3.8) is 0 Å². The van der Waals surface area contributed by atoms with Gasteiger partial charge >= 0.3 is 0 Å². The third-order valence-corrected chi connectivity index (χ3v) is 5.43. The Balaban J connectivity index is 1.51. The van der Waals surface area contributed by atoms with E-state index in [1.165, 1.54) is 5.56 Å². The summed E-state index contributed by atoms with van der Waals surface area (Å²) in [5.74, 6) is 0.0577. The molecule has 0 saturated carbocycles. The standard InChI is InChI=1S/C23H20N4O/c1-15-8-9-16(18-5-3-7-21-20(18)13-26(2)25-21)11-17(15)12-27-14-22-19(23(27)28)6-4-10-24-22/h3-11,13H,12,14H2,1-2H3. The number of benzene rings is 2. The lowest BCUT2D eigenvalue weighted by atomic mass is 9.97. The van der Waals surface area contributed by atoms with Crippen LogP contribution in [-0.4, -0.2) is 25.6 Å². The number of hydrogen-bond acceptors (Lipinski definition) is 3. The summed E-state index contributed by atoms with van der Waals surface area (Å²) in [6, 6.07) is 16.3. The number of nitrogens with zero attached hydrogens (tertiary/aromatic N) is 4. The van der Waals surface area contributed by atoms with Crippen molar-refractivity contribution in [2.75, 3.05) is 0 Å². The van der Waals surface area contributed by atoms with Crippen molar-refractivity contribution in [3.8, 4) is 11.1 Å². The van der Waals surface area contributed by atoms with Crippen LogP contribution in [0, 0.1) is 6.92 Å². The zero-order valence-electron chi connectivity index (χ0n) is 15.9. The molecule has 0 atom stereocenters. The van der Waals surface area contributed by atoms with Gasteiger partial charge in [0.1, 0.15) is 0 Å². The summed E-state index contributed by atoms with van der Waals surface area (Å²) in [7, 11) is 1.94. The Labute approximate surface area is 163 Å². The van der Waals surface area contributed by atoms with Gasteiger partial charge in [0.2, 0.25) is 0 Å². The van der Waals surface area contributed by atoms with Gasteiger partial charge < -0.3 is 4.90 Å². The molecule has 4 aromatic rings. The minimum absolute atomic E-state index is 0.0577. The highest BCUT2D eigenvalue weighted by atomic mass is 16.2. The minimum Gasteiger partial charge on any atom is -0.328 e. The Kier molecular flexibility index (Phi) is 3.76. The van der Waals surface area contributed by atoms with Gasteiger partial charge in [0, 0.05) is 31.4 Å². The summed E-state index contributed by atoms with van der Waals surface area (Å²) in [5, 5.41) is 5.65. The summed E-state index contributed by atoms with van der Waals surface area (Å²) < 4.78 is 1.84. The zero-order valence-corrected chi connectivity index (χ0v) is 15.9. The zero-order chi connectivity index (χ0) is 19.3. The van der Waals surface area contributed by atoms with E-state index in [1.54, 1.807) is 6.20 Å². The molecule has 2 aromatic heterocycles. The number of aryl methyl sites for hydroxylation is 2. The summed E-state index contributed by atoms with van der Waals surface area (Å²) in [6.45, 7) is 3.24. The van der Waals surface area contributed by atoms with Gasteiger partial charge in [0.25, 0.3) is 5.91 Å². The quantitative estimate of drug-likeness (QED) is 0.547. The Bertz CT molecular complexity index is 1220. The summed E-state index contributed by atoms with van der Waals surface area (Å²) in [4.78, 5) is 18.9. The maximum Gasteiger partial charge on any atom is 0.256 e. The van der Waals surface area contributed by atoms with Gasteiger partial charge in [-0.05, 0) is 53.4 Å². The van der Waals surface area contributed by atoms with Crippen molar-refractivity contribution in [1.82, 2.24) is 19.7 Å². The molecule has 2 aromatic carbocycles. The first-order valence-corrected chi connectivity index (χ1v) is 9.35. The number of rotatable bonds is 3. The Hall–Kier alpha value is -3.47. The molecule has 5 nitrogen and oxygen atoms in total. The predicted molar refractivity (Wildman–Crippen MR) is 109 cm³/mol. The van der Waals surface area contributed by atoms with Crippen molar-refractivity contribution < 1.29 is 4.79 Å². The summed E-state index contributed by atoms with van der Waals surface area (Å²) in [6.07, 6.45) is 3.80. The second kappa shape index (κ2) is 6.30. The van der Waals surface area contributed by atoms with E-state index in [4.69, 9.17) is 0 Å². The number of amides is 1. The molecule has 5 rings (SSSR count). The molecule has 3 heterocycles. The number of hydrogen-bond donors (Lipinski definition) is 0. The molecule has 0 unspecified atom stereocenters. The van der Waals surface area contributed by atoms with E-state index in [2.05, 4.69) is 47.5 Å².